The molecule has 1 aliphatic heterocycles. The second kappa shape index (κ2) is 5.61. The Hall–Kier alpha value is -1.30. The fraction of sp³-hybridized carbons (Fsp3) is 0.810. The molecule has 3 heteroatoms. The fourth-order valence-corrected chi connectivity index (χ4v) is 7.16. The molecule has 0 spiro atoms. The van der Waals surface area contributed by atoms with E-state index in [4.69, 9.17) is 5.26 Å². The van der Waals surface area contributed by atoms with Gasteiger partial charge in [0.05, 0.1) is 6.07 Å². The normalized spacial score (nSPS) is 49.5. The van der Waals surface area contributed by atoms with Gasteiger partial charge in [0.15, 0.2) is 0 Å². The minimum atomic E-state index is 0.0917. The second-order valence-electron chi connectivity index (χ2n) is 9.23. The van der Waals surface area contributed by atoms with Gasteiger partial charge in [0.1, 0.15) is 0 Å². The summed E-state index contributed by atoms with van der Waals surface area (Å²) in [4.78, 5) is 11.8. The Morgan fingerprint density at radius 3 is 2.83 bits per heavy atom. The Balaban J connectivity index is 1.60. The molecule has 0 bridgehead atoms. The van der Waals surface area contributed by atoms with Gasteiger partial charge in [-0.15, -0.1) is 0 Å². The summed E-state index contributed by atoms with van der Waals surface area (Å²) in [5, 5.41) is 12.2. The molecule has 3 fully saturated rings. The molecule has 4 rings (SSSR count). The molecule has 3 nitrogen and oxygen atoms in total. The van der Waals surface area contributed by atoms with E-state index >= 15 is 0 Å². The van der Waals surface area contributed by atoms with E-state index in [1.54, 1.807) is 6.08 Å². The maximum Gasteiger partial charge on any atom is 0.243 e. The van der Waals surface area contributed by atoms with Crippen molar-refractivity contribution in [2.24, 2.45) is 34.5 Å². The number of nitriles is 1. The van der Waals surface area contributed by atoms with E-state index in [1.165, 1.54) is 32.1 Å². The second-order valence-corrected chi connectivity index (χ2v) is 9.23. The molecule has 1 amide bonds. The molecule has 3 aliphatic carbocycles. The highest BCUT2D eigenvalue weighted by molar-refractivity contribution is 5.89. The number of hydrogen-bond donors (Lipinski definition) is 1. The van der Waals surface area contributed by atoms with Crippen LogP contribution in [0.15, 0.2) is 12.2 Å². The van der Waals surface area contributed by atoms with Crippen LogP contribution < -0.4 is 5.32 Å². The zero-order valence-electron chi connectivity index (χ0n) is 15.1. The van der Waals surface area contributed by atoms with E-state index in [0.717, 1.165) is 37.0 Å². The fourth-order valence-electron chi connectivity index (χ4n) is 7.16. The van der Waals surface area contributed by atoms with Gasteiger partial charge in [-0.3, -0.25) is 4.79 Å². The van der Waals surface area contributed by atoms with Crippen LogP contribution in [0.4, 0.5) is 0 Å². The van der Waals surface area contributed by atoms with Crippen LogP contribution >= 0.6 is 0 Å². The largest absolute Gasteiger partial charge is 0.349 e. The summed E-state index contributed by atoms with van der Waals surface area (Å²) in [5.74, 6) is 3.17. The van der Waals surface area contributed by atoms with Crippen molar-refractivity contribution in [2.45, 2.75) is 71.3 Å². The molecular weight excluding hydrogens is 296 g/mol. The van der Waals surface area contributed by atoms with Crippen molar-refractivity contribution in [2.75, 3.05) is 0 Å². The van der Waals surface area contributed by atoms with Crippen molar-refractivity contribution in [3.8, 4) is 6.07 Å². The minimum Gasteiger partial charge on any atom is -0.349 e. The average molecular weight is 326 g/mol. The first kappa shape index (κ1) is 16.2. The maximum atomic E-state index is 11.8. The van der Waals surface area contributed by atoms with Crippen LogP contribution in [-0.4, -0.2) is 11.9 Å². The van der Waals surface area contributed by atoms with Gasteiger partial charge in [-0.05, 0) is 80.1 Å². The minimum absolute atomic E-state index is 0.0917. The Labute approximate surface area is 145 Å². The van der Waals surface area contributed by atoms with E-state index in [0.29, 0.717) is 17.4 Å². The number of fused-ring (bicyclic) bond motifs is 5. The quantitative estimate of drug-likeness (QED) is 0.826. The van der Waals surface area contributed by atoms with Gasteiger partial charge in [0.25, 0.3) is 0 Å². The Bertz CT molecular complexity index is 605. The molecule has 1 heterocycles. The highest BCUT2D eigenvalue weighted by atomic mass is 16.1. The summed E-state index contributed by atoms with van der Waals surface area (Å²) in [6.07, 6.45) is 13.5. The van der Waals surface area contributed by atoms with Gasteiger partial charge in [0.2, 0.25) is 5.91 Å². The first-order chi connectivity index (χ1) is 11.5. The van der Waals surface area contributed by atoms with Crippen LogP contribution in [-0.2, 0) is 4.79 Å². The molecule has 24 heavy (non-hydrogen) atoms. The van der Waals surface area contributed by atoms with Gasteiger partial charge in [-0.2, -0.15) is 5.26 Å². The highest BCUT2D eigenvalue weighted by Gasteiger charge is 2.59. The third-order valence-electron chi connectivity index (χ3n) is 8.49. The van der Waals surface area contributed by atoms with Crippen LogP contribution in [0, 0.1) is 45.8 Å². The van der Waals surface area contributed by atoms with E-state index < -0.39 is 0 Å². The first-order valence-electron chi connectivity index (χ1n) is 9.86. The van der Waals surface area contributed by atoms with Gasteiger partial charge in [0, 0.05) is 17.9 Å². The molecule has 7 atom stereocenters. The molecule has 0 aromatic rings. The van der Waals surface area contributed by atoms with E-state index in [-0.39, 0.29) is 11.3 Å². The van der Waals surface area contributed by atoms with E-state index in [9.17, 15) is 4.79 Å². The first-order valence-corrected chi connectivity index (χ1v) is 9.86. The SMILES string of the molecule is C[C@]12CC[C@H]3[C@@H](CCC4NC(=O)C=C[C@@]43C)[C@@H]1CC[C@@H]2CCC#N. The lowest BCUT2D eigenvalue weighted by Gasteiger charge is -2.59. The molecule has 4 aliphatic rings. The topological polar surface area (TPSA) is 52.9 Å². The third kappa shape index (κ3) is 2.18. The number of carbonyl (C=O) groups excluding carboxylic acids is 1. The number of nitrogens with zero attached hydrogens (tertiary/aromatic N) is 1. The number of carbonyl (C=O) groups is 1. The van der Waals surface area contributed by atoms with Gasteiger partial charge in [-0.25, -0.2) is 0 Å². The third-order valence-corrected chi connectivity index (χ3v) is 8.49. The molecule has 0 aromatic carbocycles. The summed E-state index contributed by atoms with van der Waals surface area (Å²) < 4.78 is 0. The standard InChI is InChI=1S/C21H30N2O/c1-20-11-9-17-15(16(20)7-5-14(20)4-3-13-22)6-8-18-21(17,2)12-10-19(24)23-18/h10,12,14-18H,3-9,11H2,1-2H3,(H,23,24)/t14-,15-,16-,17-,18?,20+,21+/m0/s1. The molecule has 0 saturated heterocycles. The van der Waals surface area contributed by atoms with Crippen molar-refractivity contribution < 1.29 is 4.79 Å². The molecule has 0 aromatic heterocycles. The number of rotatable bonds is 2. The lowest BCUT2D eigenvalue weighted by atomic mass is 9.48. The molecular formula is C21H30N2O. The molecule has 0 radical (unpaired) electrons. The Kier molecular flexibility index (Phi) is 3.79. The van der Waals surface area contributed by atoms with Crippen molar-refractivity contribution in [3.63, 3.8) is 0 Å². The predicted octanol–water partition coefficient (Wildman–Crippen LogP) is 4.20. The molecule has 1 N–H and O–H groups in total. The molecule has 130 valence electrons. The summed E-state index contributed by atoms with van der Waals surface area (Å²) in [6, 6.07) is 2.69. The zero-order chi connectivity index (χ0) is 16.9. The van der Waals surface area contributed by atoms with Crippen LogP contribution in [0.3, 0.4) is 0 Å². The van der Waals surface area contributed by atoms with E-state index in [1.807, 2.05) is 0 Å². The van der Waals surface area contributed by atoms with Crippen molar-refractivity contribution in [1.29, 1.82) is 5.26 Å². The van der Waals surface area contributed by atoms with Crippen LogP contribution in [0.1, 0.15) is 65.2 Å². The summed E-state index contributed by atoms with van der Waals surface area (Å²) >= 11 is 0. The Morgan fingerprint density at radius 2 is 2.04 bits per heavy atom. The average Bonchev–Trinajstić information content (AvgIpc) is 2.90. The van der Waals surface area contributed by atoms with Crippen LogP contribution in [0.25, 0.3) is 0 Å². The molecule has 1 unspecified atom stereocenters. The van der Waals surface area contributed by atoms with Crippen molar-refractivity contribution in [1.82, 2.24) is 5.32 Å². The van der Waals surface area contributed by atoms with Gasteiger partial charge >= 0.3 is 0 Å². The maximum absolute atomic E-state index is 11.8. The lowest BCUT2D eigenvalue weighted by molar-refractivity contribution is -0.122. The molecule has 3 saturated carbocycles. The summed E-state index contributed by atoms with van der Waals surface area (Å²) in [6.45, 7) is 4.91. The van der Waals surface area contributed by atoms with Crippen LogP contribution in [0.5, 0.6) is 0 Å². The van der Waals surface area contributed by atoms with Crippen molar-refractivity contribution >= 4 is 5.91 Å². The number of nitrogens with one attached hydrogen (secondary N) is 1. The van der Waals surface area contributed by atoms with Crippen LogP contribution in [0.2, 0.25) is 0 Å². The monoisotopic (exact) mass is 326 g/mol. The Morgan fingerprint density at radius 1 is 1.21 bits per heavy atom. The summed E-state index contributed by atoms with van der Waals surface area (Å²) in [5.41, 5.74) is 0.589. The van der Waals surface area contributed by atoms with Crippen molar-refractivity contribution in [3.05, 3.63) is 12.2 Å². The zero-order valence-corrected chi connectivity index (χ0v) is 15.1. The van der Waals surface area contributed by atoms with E-state index in [2.05, 4.69) is 31.3 Å². The number of hydrogen-bond acceptors (Lipinski definition) is 2. The number of amides is 1. The lowest BCUT2D eigenvalue weighted by Crippen LogP contribution is -2.59. The summed E-state index contributed by atoms with van der Waals surface area (Å²) in [7, 11) is 0. The van der Waals surface area contributed by atoms with Gasteiger partial charge in [-0.1, -0.05) is 19.9 Å². The smallest absolute Gasteiger partial charge is 0.243 e. The predicted molar refractivity (Wildman–Crippen MR) is 93.8 cm³/mol. The highest BCUT2D eigenvalue weighted by Crippen LogP contribution is 2.65. The van der Waals surface area contributed by atoms with Gasteiger partial charge < -0.3 is 5.32 Å².